The third kappa shape index (κ3) is 1.50. The minimum absolute atomic E-state index is 0.171. The van der Waals surface area contributed by atoms with Crippen molar-refractivity contribution in [3.8, 4) is 0 Å². The Morgan fingerprint density at radius 1 is 1.53 bits per heavy atom. The molecule has 5 heteroatoms. The molecule has 0 aromatic rings. The largest absolute Gasteiger partial charge is 0.465 e. The predicted molar refractivity (Wildman–Crippen MR) is 52.7 cm³/mol. The van der Waals surface area contributed by atoms with Crippen LogP contribution in [-0.2, 0) is 9.47 Å². The highest BCUT2D eigenvalue weighted by molar-refractivity contribution is 5.67. The minimum atomic E-state index is -0.939. The number of carboxylic acid groups (broad SMARTS) is 1. The number of carbonyl (C=O) groups is 1. The van der Waals surface area contributed by atoms with E-state index in [1.165, 1.54) is 4.90 Å². The lowest BCUT2D eigenvalue weighted by Crippen LogP contribution is -2.52. The fourth-order valence-electron chi connectivity index (χ4n) is 2.35. The Labute approximate surface area is 89.0 Å². The molecule has 1 aliphatic carbocycles. The average molecular weight is 215 g/mol. The lowest BCUT2D eigenvalue weighted by molar-refractivity contribution is -0.0515. The van der Waals surface area contributed by atoms with E-state index in [1.54, 1.807) is 21.0 Å². The van der Waals surface area contributed by atoms with Crippen LogP contribution in [0.25, 0.3) is 0 Å². The smallest absolute Gasteiger partial charge is 0.410 e. The molecule has 86 valence electrons. The molecule has 2 rings (SSSR count). The zero-order valence-corrected chi connectivity index (χ0v) is 9.32. The van der Waals surface area contributed by atoms with Crippen molar-refractivity contribution in [1.82, 2.24) is 4.90 Å². The second-order valence-corrected chi connectivity index (χ2v) is 4.70. The molecule has 1 atom stereocenters. The van der Waals surface area contributed by atoms with E-state index in [0.717, 1.165) is 12.8 Å². The maximum atomic E-state index is 11.2. The molecule has 1 amide bonds. The van der Waals surface area contributed by atoms with Crippen LogP contribution in [0.15, 0.2) is 0 Å². The molecule has 0 spiro atoms. The molecule has 0 radical (unpaired) electrons. The predicted octanol–water partition coefficient (Wildman–Crippen LogP) is 1.28. The second kappa shape index (κ2) is 3.09. The van der Waals surface area contributed by atoms with Crippen molar-refractivity contribution in [3.05, 3.63) is 0 Å². The van der Waals surface area contributed by atoms with E-state index >= 15 is 0 Å². The van der Waals surface area contributed by atoms with Crippen molar-refractivity contribution in [2.24, 2.45) is 0 Å². The van der Waals surface area contributed by atoms with Crippen LogP contribution in [0.1, 0.15) is 26.7 Å². The van der Waals surface area contributed by atoms with E-state index < -0.39 is 11.8 Å². The normalized spacial score (nSPS) is 31.7. The van der Waals surface area contributed by atoms with Crippen LogP contribution < -0.4 is 0 Å². The molecule has 1 aliphatic heterocycles. The highest BCUT2D eigenvalue weighted by Gasteiger charge is 2.59. The molecule has 1 N–H and O–H groups in total. The standard InChI is InChI=1S/C10H17NO4/c1-9(2)11(8(12)13)7(6-15-9)10(14-3)4-5-10/h7H,4-6H2,1-3H3,(H,12,13)/t7-/m1/s1. The van der Waals surface area contributed by atoms with Gasteiger partial charge in [-0.25, -0.2) is 4.79 Å². The zero-order chi connectivity index (χ0) is 11.3. The summed E-state index contributed by atoms with van der Waals surface area (Å²) in [5.74, 6) is 0. The summed E-state index contributed by atoms with van der Waals surface area (Å²) < 4.78 is 10.9. The summed E-state index contributed by atoms with van der Waals surface area (Å²) in [5.41, 5.74) is -1.04. The van der Waals surface area contributed by atoms with Crippen LogP contribution in [0.3, 0.4) is 0 Å². The van der Waals surface area contributed by atoms with Gasteiger partial charge in [-0.3, -0.25) is 4.90 Å². The molecule has 1 heterocycles. The molecule has 15 heavy (non-hydrogen) atoms. The van der Waals surface area contributed by atoms with Crippen molar-refractivity contribution in [2.45, 2.75) is 44.1 Å². The zero-order valence-electron chi connectivity index (χ0n) is 9.32. The Hall–Kier alpha value is -0.810. The summed E-state index contributed by atoms with van der Waals surface area (Å²) >= 11 is 0. The molecular formula is C10H17NO4. The van der Waals surface area contributed by atoms with Gasteiger partial charge in [-0.15, -0.1) is 0 Å². The van der Waals surface area contributed by atoms with Crippen LogP contribution in [0.2, 0.25) is 0 Å². The van der Waals surface area contributed by atoms with Crippen molar-refractivity contribution in [1.29, 1.82) is 0 Å². The minimum Gasteiger partial charge on any atom is -0.465 e. The summed E-state index contributed by atoms with van der Waals surface area (Å²) in [7, 11) is 1.64. The average Bonchev–Trinajstić information content (AvgIpc) is 2.85. The number of hydrogen-bond donors (Lipinski definition) is 1. The summed E-state index contributed by atoms with van der Waals surface area (Å²) in [4.78, 5) is 12.6. The Morgan fingerprint density at radius 2 is 2.13 bits per heavy atom. The van der Waals surface area contributed by atoms with Gasteiger partial charge in [0.05, 0.1) is 18.2 Å². The quantitative estimate of drug-likeness (QED) is 0.753. The molecule has 0 bridgehead atoms. The van der Waals surface area contributed by atoms with Crippen LogP contribution in [-0.4, -0.2) is 47.2 Å². The van der Waals surface area contributed by atoms with Crippen molar-refractivity contribution in [2.75, 3.05) is 13.7 Å². The lowest BCUT2D eigenvalue weighted by atomic mass is 10.1. The van der Waals surface area contributed by atoms with Crippen molar-refractivity contribution in [3.63, 3.8) is 0 Å². The highest BCUT2D eigenvalue weighted by atomic mass is 16.6. The van der Waals surface area contributed by atoms with Gasteiger partial charge in [0.1, 0.15) is 5.72 Å². The van der Waals surface area contributed by atoms with Gasteiger partial charge in [0, 0.05) is 7.11 Å². The first-order chi connectivity index (χ1) is 6.93. The summed E-state index contributed by atoms with van der Waals surface area (Å²) in [6, 6.07) is -0.171. The third-order valence-electron chi connectivity index (χ3n) is 3.45. The number of rotatable bonds is 2. The molecule has 0 aromatic carbocycles. The second-order valence-electron chi connectivity index (χ2n) is 4.70. The summed E-state index contributed by atoms with van der Waals surface area (Å²) in [6.07, 6.45) is 0.889. The van der Waals surface area contributed by atoms with Crippen molar-refractivity contribution < 1.29 is 19.4 Å². The van der Waals surface area contributed by atoms with E-state index in [-0.39, 0.29) is 11.6 Å². The van der Waals surface area contributed by atoms with E-state index in [1.807, 2.05) is 0 Å². The topological polar surface area (TPSA) is 59.0 Å². The molecule has 1 saturated heterocycles. The Bertz CT molecular complexity index is 285. The molecule has 0 unspecified atom stereocenters. The molecule has 0 aromatic heterocycles. The van der Waals surface area contributed by atoms with Gasteiger partial charge in [0.15, 0.2) is 0 Å². The number of hydrogen-bond acceptors (Lipinski definition) is 3. The first-order valence-electron chi connectivity index (χ1n) is 5.14. The summed E-state index contributed by atoms with van der Waals surface area (Å²) in [6.45, 7) is 3.97. The first-order valence-corrected chi connectivity index (χ1v) is 5.14. The Morgan fingerprint density at radius 3 is 2.53 bits per heavy atom. The van der Waals surface area contributed by atoms with Crippen LogP contribution >= 0.6 is 0 Å². The van der Waals surface area contributed by atoms with Gasteiger partial charge in [-0.05, 0) is 26.7 Å². The monoisotopic (exact) mass is 215 g/mol. The van der Waals surface area contributed by atoms with Gasteiger partial charge >= 0.3 is 6.09 Å². The molecule has 5 nitrogen and oxygen atoms in total. The lowest BCUT2D eigenvalue weighted by Gasteiger charge is -2.34. The Kier molecular flexibility index (Phi) is 2.20. The Balaban J connectivity index is 2.23. The van der Waals surface area contributed by atoms with E-state index in [9.17, 15) is 9.90 Å². The highest BCUT2D eigenvalue weighted by Crippen LogP contribution is 2.48. The first kappa shape index (κ1) is 10.7. The number of nitrogens with zero attached hydrogens (tertiary/aromatic N) is 1. The van der Waals surface area contributed by atoms with Gasteiger partial charge in [0.25, 0.3) is 0 Å². The SMILES string of the molecule is COC1([C@H]2COC(C)(C)N2C(=O)O)CC1. The molecule has 1 saturated carbocycles. The number of methoxy groups -OCH3 is 1. The number of ether oxygens (including phenoxy) is 2. The van der Waals surface area contributed by atoms with Crippen LogP contribution in [0.5, 0.6) is 0 Å². The van der Waals surface area contributed by atoms with E-state index in [0.29, 0.717) is 6.61 Å². The maximum Gasteiger partial charge on any atom is 0.410 e. The van der Waals surface area contributed by atoms with E-state index in [4.69, 9.17) is 9.47 Å². The van der Waals surface area contributed by atoms with Crippen LogP contribution in [0.4, 0.5) is 4.79 Å². The van der Waals surface area contributed by atoms with Gasteiger partial charge < -0.3 is 14.6 Å². The third-order valence-corrected chi connectivity index (χ3v) is 3.45. The maximum absolute atomic E-state index is 11.2. The molecule has 2 fully saturated rings. The number of amides is 1. The van der Waals surface area contributed by atoms with Gasteiger partial charge in [0.2, 0.25) is 0 Å². The van der Waals surface area contributed by atoms with Crippen LogP contribution in [0, 0.1) is 0 Å². The van der Waals surface area contributed by atoms with E-state index in [2.05, 4.69) is 0 Å². The van der Waals surface area contributed by atoms with Gasteiger partial charge in [-0.2, -0.15) is 0 Å². The van der Waals surface area contributed by atoms with Gasteiger partial charge in [-0.1, -0.05) is 0 Å². The summed E-state index contributed by atoms with van der Waals surface area (Å²) in [5, 5.41) is 9.20. The fraction of sp³-hybridized carbons (Fsp3) is 0.900. The fourth-order valence-corrected chi connectivity index (χ4v) is 2.35. The van der Waals surface area contributed by atoms with Crippen molar-refractivity contribution >= 4 is 6.09 Å². The molecular weight excluding hydrogens is 198 g/mol. The molecule has 2 aliphatic rings.